The van der Waals surface area contributed by atoms with Crippen LogP contribution in [0, 0.1) is 4.91 Å². The summed E-state index contributed by atoms with van der Waals surface area (Å²) in [7, 11) is 0. The standard InChI is InChI=1S/C10H12N3O2/c1-7(2)12-6-11-9-5-8(13(14)15)3-4-10(9)12/h3-7H,1-2H3,(H,14,15)/q+1. The Labute approximate surface area is 86.5 Å². The highest BCUT2D eigenvalue weighted by Gasteiger charge is 2.14. The predicted octanol–water partition coefficient (Wildman–Crippen LogP) is 2.42. The maximum absolute atomic E-state index is 10.7. The van der Waals surface area contributed by atoms with Crippen LogP contribution >= 0.6 is 0 Å². The van der Waals surface area contributed by atoms with E-state index in [1.54, 1.807) is 24.5 Å². The lowest BCUT2D eigenvalue weighted by molar-refractivity contribution is -0.729. The van der Waals surface area contributed by atoms with Crippen LogP contribution in [0.4, 0.5) is 5.69 Å². The average molecular weight is 206 g/mol. The largest absolute Gasteiger partial charge is 0.328 e. The van der Waals surface area contributed by atoms with Gasteiger partial charge in [0.25, 0.3) is 4.92 Å². The second kappa shape index (κ2) is 3.34. The van der Waals surface area contributed by atoms with Crippen molar-refractivity contribution >= 4 is 16.7 Å². The zero-order chi connectivity index (χ0) is 11.0. The molecule has 0 bridgehead atoms. The number of hydrogen-bond donors (Lipinski definition) is 1. The molecular formula is C10H12N3O2+. The lowest BCUT2D eigenvalue weighted by Crippen LogP contribution is -1.98. The molecule has 1 aromatic heterocycles. The van der Waals surface area contributed by atoms with Gasteiger partial charge in [0.1, 0.15) is 0 Å². The van der Waals surface area contributed by atoms with Crippen LogP contribution in [0.3, 0.4) is 0 Å². The molecule has 5 nitrogen and oxygen atoms in total. The minimum Gasteiger partial charge on any atom is -0.328 e. The Morgan fingerprint density at radius 3 is 2.80 bits per heavy atom. The van der Waals surface area contributed by atoms with Gasteiger partial charge in [-0.2, -0.15) is 0 Å². The average Bonchev–Trinajstić information content (AvgIpc) is 2.59. The number of hydrogen-bond acceptors (Lipinski definition) is 2. The number of benzene rings is 1. The molecule has 0 unspecified atom stereocenters. The van der Waals surface area contributed by atoms with Crippen LogP contribution in [0.15, 0.2) is 24.5 Å². The van der Waals surface area contributed by atoms with E-state index < -0.39 is 0 Å². The first-order valence-electron chi connectivity index (χ1n) is 4.72. The molecule has 0 aliphatic rings. The molecule has 0 radical (unpaired) electrons. The van der Waals surface area contributed by atoms with Crippen molar-refractivity contribution in [2.75, 3.05) is 0 Å². The Hall–Kier alpha value is -1.91. The van der Waals surface area contributed by atoms with Gasteiger partial charge in [0.15, 0.2) is 0 Å². The first-order valence-corrected chi connectivity index (χ1v) is 4.72. The molecule has 0 spiro atoms. The van der Waals surface area contributed by atoms with E-state index in [1.165, 1.54) is 0 Å². The fourth-order valence-corrected chi connectivity index (χ4v) is 1.55. The van der Waals surface area contributed by atoms with Gasteiger partial charge in [-0.25, -0.2) is 10.2 Å². The maximum Gasteiger partial charge on any atom is 0.318 e. The summed E-state index contributed by atoms with van der Waals surface area (Å²) in [6.45, 7) is 4.11. The van der Waals surface area contributed by atoms with Gasteiger partial charge >= 0.3 is 5.69 Å². The van der Waals surface area contributed by atoms with Crippen molar-refractivity contribution in [3.05, 3.63) is 29.4 Å². The van der Waals surface area contributed by atoms with Gasteiger partial charge in [0, 0.05) is 18.2 Å². The number of nitrogens with zero attached hydrogens (tertiary/aromatic N) is 3. The second-order valence-corrected chi connectivity index (χ2v) is 3.69. The highest BCUT2D eigenvalue weighted by Crippen LogP contribution is 2.21. The van der Waals surface area contributed by atoms with Crippen molar-refractivity contribution < 1.29 is 10.1 Å². The highest BCUT2D eigenvalue weighted by molar-refractivity contribution is 5.78. The third-order valence-corrected chi connectivity index (χ3v) is 2.34. The molecule has 0 fully saturated rings. The first kappa shape index (κ1) is 9.64. The molecule has 78 valence electrons. The predicted molar refractivity (Wildman–Crippen MR) is 55.2 cm³/mol. The third-order valence-electron chi connectivity index (χ3n) is 2.34. The van der Waals surface area contributed by atoms with E-state index >= 15 is 0 Å². The molecular weight excluding hydrogens is 194 g/mol. The normalized spacial score (nSPS) is 11.1. The lowest BCUT2D eigenvalue weighted by Gasteiger charge is -2.06. The van der Waals surface area contributed by atoms with Gasteiger partial charge in [0.2, 0.25) is 0 Å². The van der Waals surface area contributed by atoms with E-state index in [9.17, 15) is 4.91 Å². The van der Waals surface area contributed by atoms with Crippen LogP contribution in [-0.4, -0.2) is 19.7 Å². The first-order chi connectivity index (χ1) is 7.09. The van der Waals surface area contributed by atoms with Gasteiger partial charge in [0.05, 0.1) is 22.3 Å². The van der Waals surface area contributed by atoms with Crippen molar-refractivity contribution in [2.45, 2.75) is 19.9 Å². The third kappa shape index (κ3) is 1.56. The maximum atomic E-state index is 10.7. The molecule has 0 amide bonds. The Balaban J connectivity index is 2.61. The number of rotatable bonds is 2. The van der Waals surface area contributed by atoms with Gasteiger partial charge < -0.3 is 4.57 Å². The molecule has 5 heteroatoms. The molecule has 0 saturated carbocycles. The summed E-state index contributed by atoms with van der Waals surface area (Å²) in [5, 5.41) is 8.74. The zero-order valence-corrected chi connectivity index (χ0v) is 8.58. The minimum atomic E-state index is -0.159. The summed E-state index contributed by atoms with van der Waals surface area (Å²) in [4.78, 5) is 14.7. The lowest BCUT2D eigenvalue weighted by atomic mass is 10.2. The molecule has 2 rings (SSSR count). The van der Waals surface area contributed by atoms with Crippen LogP contribution in [0.2, 0.25) is 0 Å². The number of imidazole rings is 1. The van der Waals surface area contributed by atoms with Crippen LogP contribution in [0.25, 0.3) is 11.0 Å². The van der Waals surface area contributed by atoms with E-state index in [0.717, 1.165) is 5.52 Å². The Bertz CT molecular complexity index is 516. The molecule has 0 atom stereocenters. The van der Waals surface area contributed by atoms with Gasteiger partial charge in [-0.3, -0.25) is 0 Å². The Kier molecular flexibility index (Phi) is 2.15. The molecule has 0 saturated heterocycles. The van der Waals surface area contributed by atoms with Crippen LogP contribution in [0.5, 0.6) is 0 Å². The molecule has 15 heavy (non-hydrogen) atoms. The van der Waals surface area contributed by atoms with E-state index in [-0.39, 0.29) is 10.6 Å². The van der Waals surface area contributed by atoms with E-state index in [0.29, 0.717) is 11.6 Å². The topological polar surface area (TPSA) is 58.1 Å². The van der Waals surface area contributed by atoms with Crippen molar-refractivity contribution in [1.82, 2.24) is 9.55 Å². The summed E-state index contributed by atoms with van der Waals surface area (Å²) < 4.78 is 2.01. The Morgan fingerprint density at radius 2 is 2.20 bits per heavy atom. The van der Waals surface area contributed by atoms with Gasteiger partial charge in [-0.15, -0.1) is 0 Å². The summed E-state index contributed by atoms with van der Waals surface area (Å²) in [6, 6.07) is 5.22. The van der Waals surface area contributed by atoms with Crippen molar-refractivity contribution in [2.24, 2.45) is 0 Å². The highest BCUT2D eigenvalue weighted by atomic mass is 16.6. The summed E-state index contributed by atoms with van der Waals surface area (Å²) in [5.41, 5.74) is 1.85. The molecule has 0 aliphatic carbocycles. The van der Waals surface area contributed by atoms with Gasteiger partial charge in [-0.05, 0) is 19.9 Å². The number of aromatic nitrogens is 2. The number of fused-ring (bicyclic) bond motifs is 1. The second-order valence-electron chi connectivity index (χ2n) is 3.69. The quantitative estimate of drug-likeness (QED) is 0.767. The smallest absolute Gasteiger partial charge is 0.318 e. The summed E-state index contributed by atoms with van der Waals surface area (Å²) >= 11 is 0. The van der Waals surface area contributed by atoms with E-state index in [2.05, 4.69) is 18.8 Å². The summed E-state index contributed by atoms with van der Waals surface area (Å²) in [6.07, 6.45) is 1.73. The van der Waals surface area contributed by atoms with Crippen LogP contribution in [0.1, 0.15) is 19.9 Å². The van der Waals surface area contributed by atoms with E-state index in [4.69, 9.17) is 5.21 Å². The van der Waals surface area contributed by atoms with Crippen molar-refractivity contribution in [3.8, 4) is 0 Å². The fraction of sp³-hybridized carbons (Fsp3) is 0.300. The van der Waals surface area contributed by atoms with Crippen molar-refractivity contribution in [1.29, 1.82) is 0 Å². The molecule has 1 aromatic carbocycles. The SMILES string of the molecule is CC(C)n1cnc2cc([N+](=O)O)ccc21. The molecule has 1 N–H and O–H groups in total. The molecule has 0 aliphatic heterocycles. The van der Waals surface area contributed by atoms with Crippen LogP contribution < -0.4 is 0 Å². The zero-order valence-electron chi connectivity index (χ0n) is 8.58. The Morgan fingerprint density at radius 1 is 1.47 bits per heavy atom. The van der Waals surface area contributed by atoms with E-state index in [1.807, 2.05) is 4.57 Å². The summed E-state index contributed by atoms with van der Waals surface area (Å²) in [5.74, 6) is 0. The van der Waals surface area contributed by atoms with Crippen LogP contribution in [-0.2, 0) is 0 Å². The fourth-order valence-electron chi connectivity index (χ4n) is 1.55. The monoisotopic (exact) mass is 206 g/mol. The van der Waals surface area contributed by atoms with Crippen molar-refractivity contribution in [3.63, 3.8) is 0 Å². The van der Waals surface area contributed by atoms with Gasteiger partial charge in [-0.1, -0.05) is 0 Å². The molecule has 1 heterocycles. The minimum absolute atomic E-state index is 0.159. The molecule has 2 aromatic rings.